The molecule has 5 heteroatoms. The van der Waals surface area contributed by atoms with E-state index in [1.165, 1.54) is 0 Å². The summed E-state index contributed by atoms with van der Waals surface area (Å²) in [5.41, 5.74) is 1.35. The van der Waals surface area contributed by atoms with Crippen molar-refractivity contribution in [3.8, 4) is 5.75 Å². The fourth-order valence-electron chi connectivity index (χ4n) is 1.93. The zero-order chi connectivity index (χ0) is 16.7. The van der Waals surface area contributed by atoms with Crippen LogP contribution < -0.4 is 10.1 Å². The summed E-state index contributed by atoms with van der Waals surface area (Å²) in [5, 5.41) is 2.74. The lowest BCUT2D eigenvalue weighted by Crippen LogP contribution is -2.35. The van der Waals surface area contributed by atoms with Crippen LogP contribution in [0.2, 0.25) is 0 Å². The van der Waals surface area contributed by atoms with Crippen molar-refractivity contribution in [1.82, 2.24) is 5.32 Å². The van der Waals surface area contributed by atoms with Gasteiger partial charge in [-0.2, -0.15) is 0 Å². The van der Waals surface area contributed by atoms with Crippen LogP contribution >= 0.6 is 0 Å². The Kier molecular flexibility index (Phi) is 5.74. The highest BCUT2D eigenvalue weighted by atomic mass is 16.5. The maximum Gasteiger partial charge on any atom is 0.338 e. The van der Waals surface area contributed by atoms with Gasteiger partial charge in [0, 0.05) is 6.54 Å². The summed E-state index contributed by atoms with van der Waals surface area (Å²) in [5.74, 6) is -0.104. The van der Waals surface area contributed by atoms with Gasteiger partial charge < -0.3 is 14.8 Å². The molecule has 2 rings (SSSR count). The van der Waals surface area contributed by atoms with Crippen LogP contribution in [0.15, 0.2) is 54.6 Å². The van der Waals surface area contributed by atoms with E-state index in [0.29, 0.717) is 12.1 Å². The summed E-state index contributed by atoms with van der Waals surface area (Å²) >= 11 is 0. The second-order valence-electron chi connectivity index (χ2n) is 4.98. The largest absolute Gasteiger partial charge is 0.497 e. The minimum Gasteiger partial charge on any atom is -0.497 e. The number of amides is 1. The standard InChI is InChI=1S/C18H19NO4/c1-13(23-18(21)15-6-4-3-5-7-15)17(20)19-12-14-8-10-16(22-2)11-9-14/h3-11,13H,12H2,1-2H3,(H,19,20)/t13-/m0/s1. The molecule has 0 heterocycles. The summed E-state index contributed by atoms with van der Waals surface area (Å²) in [7, 11) is 1.60. The first-order chi connectivity index (χ1) is 11.1. The van der Waals surface area contributed by atoms with Crippen LogP contribution in [0.4, 0.5) is 0 Å². The third-order valence-electron chi connectivity index (χ3n) is 3.29. The first kappa shape index (κ1) is 16.5. The molecule has 0 aromatic heterocycles. The monoisotopic (exact) mass is 313 g/mol. The van der Waals surface area contributed by atoms with E-state index in [4.69, 9.17) is 9.47 Å². The fourth-order valence-corrected chi connectivity index (χ4v) is 1.93. The number of hydrogen-bond donors (Lipinski definition) is 1. The molecule has 0 saturated carbocycles. The van der Waals surface area contributed by atoms with E-state index < -0.39 is 12.1 Å². The molecule has 0 radical (unpaired) electrons. The highest BCUT2D eigenvalue weighted by Gasteiger charge is 2.18. The van der Waals surface area contributed by atoms with Crippen molar-refractivity contribution < 1.29 is 19.1 Å². The van der Waals surface area contributed by atoms with Crippen LogP contribution in [0.1, 0.15) is 22.8 Å². The van der Waals surface area contributed by atoms with Gasteiger partial charge in [-0.05, 0) is 36.8 Å². The Morgan fingerprint density at radius 1 is 1.04 bits per heavy atom. The molecule has 1 amide bonds. The van der Waals surface area contributed by atoms with Crippen molar-refractivity contribution in [3.05, 3.63) is 65.7 Å². The Morgan fingerprint density at radius 3 is 2.30 bits per heavy atom. The van der Waals surface area contributed by atoms with E-state index in [1.807, 2.05) is 30.3 Å². The van der Waals surface area contributed by atoms with Crippen LogP contribution in [0.25, 0.3) is 0 Å². The number of rotatable bonds is 6. The Bertz CT molecular complexity index is 652. The summed E-state index contributed by atoms with van der Waals surface area (Å²) < 4.78 is 10.2. The van der Waals surface area contributed by atoms with Crippen LogP contribution in [0.5, 0.6) is 5.75 Å². The predicted octanol–water partition coefficient (Wildman–Crippen LogP) is 2.56. The summed E-state index contributed by atoms with van der Waals surface area (Å²) in [6, 6.07) is 15.9. The molecule has 0 aliphatic rings. The van der Waals surface area contributed by atoms with Gasteiger partial charge in [0.2, 0.25) is 0 Å². The summed E-state index contributed by atoms with van der Waals surface area (Å²) in [6.45, 7) is 1.90. The number of benzene rings is 2. The van der Waals surface area contributed by atoms with E-state index >= 15 is 0 Å². The van der Waals surface area contributed by atoms with Gasteiger partial charge in [0.05, 0.1) is 12.7 Å². The molecule has 2 aromatic carbocycles. The predicted molar refractivity (Wildman–Crippen MR) is 86.2 cm³/mol. The Labute approximate surface area is 135 Å². The number of ether oxygens (including phenoxy) is 2. The molecule has 0 aliphatic carbocycles. The first-order valence-electron chi connectivity index (χ1n) is 7.27. The molecule has 23 heavy (non-hydrogen) atoms. The molecule has 2 aromatic rings. The maximum absolute atomic E-state index is 12.0. The lowest BCUT2D eigenvalue weighted by atomic mass is 10.2. The number of esters is 1. The Morgan fingerprint density at radius 2 is 1.70 bits per heavy atom. The quantitative estimate of drug-likeness (QED) is 0.833. The number of methoxy groups -OCH3 is 1. The van der Waals surface area contributed by atoms with Crippen LogP contribution in [0.3, 0.4) is 0 Å². The molecule has 0 bridgehead atoms. The van der Waals surface area contributed by atoms with Gasteiger partial charge in [-0.1, -0.05) is 30.3 Å². The highest BCUT2D eigenvalue weighted by molar-refractivity contribution is 5.92. The van der Waals surface area contributed by atoms with Gasteiger partial charge in [0.25, 0.3) is 5.91 Å². The minimum atomic E-state index is -0.860. The molecule has 120 valence electrons. The average Bonchev–Trinajstić information content (AvgIpc) is 2.60. The number of carbonyl (C=O) groups excluding carboxylic acids is 2. The number of nitrogens with one attached hydrogen (secondary N) is 1. The molecular weight excluding hydrogens is 294 g/mol. The normalized spacial score (nSPS) is 11.4. The van der Waals surface area contributed by atoms with E-state index in [-0.39, 0.29) is 5.91 Å². The Hall–Kier alpha value is -2.82. The second kappa shape index (κ2) is 7.98. The van der Waals surface area contributed by atoms with E-state index in [2.05, 4.69) is 5.32 Å². The second-order valence-corrected chi connectivity index (χ2v) is 4.98. The lowest BCUT2D eigenvalue weighted by Gasteiger charge is -2.13. The molecule has 0 fully saturated rings. The van der Waals surface area contributed by atoms with Crippen LogP contribution in [-0.4, -0.2) is 25.1 Å². The van der Waals surface area contributed by atoms with Crippen molar-refractivity contribution in [2.24, 2.45) is 0 Å². The fraction of sp³-hybridized carbons (Fsp3) is 0.222. The van der Waals surface area contributed by atoms with Crippen LogP contribution in [-0.2, 0) is 16.1 Å². The molecular formula is C18H19NO4. The average molecular weight is 313 g/mol. The van der Waals surface area contributed by atoms with Gasteiger partial charge in [0.15, 0.2) is 6.10 Å². The van der Waals surface area contributed by atoms with Crippen LogP contribution in [0, 0.1) is 0 Å². The summed E-state index contributed by atoms with van der Waals surface area (Å²) in [6.07, 6.45) is -0.860. The molecule has 1 atom stereocenters. The zero-order valence-corrected chi connectivity index (χ0v) is 13.1. The zero-order valence-electron chi connectivity index (χ0n) is 13.1. The molecule has 0 spiro atoms. The number of carbonyl (C=O) groups is 2. The molecule has 0 aliphatic heterocycles. The van der Waals surface area contributed by atoms with Crippen molar-refractivity contribution in [1.29, 1.82) is 0 Å². The van der Waals surface area contributed by atoms with Gasteiger partial charge >= 0.3 is 5.97 Å². The molecule has 0 saturated heterocycles. The van der Waals surface area contributed by atoms with Crippen molar-refractivity contribution in [3.63, 3.8) is 0 Å². The van der Waals surface area contributed by atoms with E-state index in [0.717, 1.165) is 11.3 Å². The van der Waals surface area contributed by atoms with E-state index in [9.17, 15) is 9.59 Å². The molecule has 0 unspecified atom stereocenters. The van der Waals surface area contributed by atoms with Gasteiger partial charge in [-0.15, -0.1) is 0 Å². The third-order valence-corrected chi connectivity index (χ3v) is 3.29. The van der Waals surface area contributed by atoms with Gasteiger partial charge in [-0.3, -0.25) is 4.79 Å². The van der Waals surface area contributed by atoms with Crippen molar-refractivity contribution >= 4 is 11.9 Å². The SMILES string of the molecule is COc1ccc(CNC(=O)[C@H](C)OC(=O)c2ccccc2)cc1. The summed E-state index contributed by atoms with van der Waals surface area (Å²) in [4.78, 5) is 23.9. The van der Waals surface area contributed by atoms with Crippen molar-refractivity contribution in [2.75, 3.05) is 7.11 Å². The lowest BCUT2D eigenvalue weighted by molar-refractivity contribution is -0.129. The van der Waals surface area contributed by atoms with Gasteiger partial charge in [0.1, 0.15) is 5.75 Å². The first-order valence-corrected chi connectivity index (χ1v) is 7.27. The van der Waals surface area contributed by atoms with E-state index in [1.54, 1.807) is 38.3 Å². The van der Waals surface area contributed by atoms with Crippen molar-refractivity contribution in [2.45, 2.75) is 19.6 Å². The maximum atomic E-state index is 12.0. The minimum absolute atomic E-state index is 0.343. The number of hydrogen-bond acceptors (Lipinski definition) is 4. The third kappa shape index (κ3) is 4.85. The molecule has 1 N–H and O–H groups in total. The Balaban J connectivity index is 1.83. The topological polar surface area (TPSA) is 64.6 Å². The molecule has 5 nitrogen and oxygen atoms in total. The van der Waals surface area contributed by atoms with Gasteiger partial charge in [-0.25, -0.2) is 4.79 Å². The highest BCUT2D eigenvalue weighted by Crippen LogP contribution is 2.11. The smallest absolute Gasteiger partial charge is 0.338 e.